The van der Waals surface area contributed by atoms with Crippen molar-refractivity contribution in [1.82, 2.24) is 0 Å². The van der Waals surface area contributed by atoms with Gasteiger partial charge in [-0.2, -0.15) is 0 Å². The molecule has 0 fully saturated rings. The minimum absolute atomic E-state index is 0.0205. The van der Waals surface area contributed by atoms with Crippen LogP contribution in [0.5, 0.6) is 5.75 Å². The molecular formula is C13H17NO3. The van der Waals surface area contributed by atoms with Gasteiger partial charge in [-0.05, 0) is 30.7 Å². The summed E-state index contributed by atoms with van der Waals surface area (Å²) in [6, 6.07) is 6.00. The van der Waals surface area contributed by atoms with E-state index in [2.05, 4.69) is 6.07 Å². The van der Waals surface area contributed by atoms with Crippen molar-refractivity contribution in [2.75, 3.05) is 18.6 Å². The van der Waals surface area contributed by atoms with E-state index < -0.39 is 5.97 Å². The summed E-state index contributed by atoms with van der Waals surface area (Å²) < 4.78 is 5.45. The number of carboxylic acid groups (broad SMARTS) is 1. The lowest BCUT2D eigenvalue weighted by Crippen LogP contribution is -2.30. The molecular weight excluding hydrogens is 218 g/mol. The fraction of sp³-hybridized carbons (Fsp3) is 0.462. The zero-order valence-corrected chi connectivity index (χ0v) is 10.1. The highest BCUT2D eigenvalue weighted by molar-refractivity contribution is 5.68. The second-order valence-corrected chi connectivity index (χ2v) is 4.45. The Hall–Kier alpha value is -1.71. The molecule has 0 radical (unpaired) electrons. The van der Waals surface area contributed by atoms with Crippen LogP contribution < -0.4 is 9.64 Å². The number of hydrogen-bond acceptors (Lipinski definition) is 3. The number of carboxylic acids is 1. The van der Waals surface area contributed by atoms with Gasteiger partial charge in [-0.3, -0.25) is 4.79 Å². The fourth-order valence-corrected chi connectivity index (χ4v) is 2.04. The van der Waals surface area contributed by atoms with Crippen LogP contribution in [0, 0.1) is 0 Å². The van der Waals surface area contributed by atoms with Crippen molar-refractivity contribution in [1.29, 1.82) is 0 Å². The third-order valence-corrected chi connectivity index (χ3v) is 3.21. The van der Waals surface area contributed by atoms with Crippen LogP contribution in [0.25, 0.3) is 0 Å². The zero-order valence-electron chi connectivity index (χ0n) is 10.1. The average Bonchev–Trinajstić information content (AvgIpc) is 2.73. The minimum atomic E-state index is -0.770. The highest BCUT2D eigenvalue weighted by Crippen LogP contribution is 2.29. The summed E-state index contributed by atoms with van der Waals surface area (Å²) in [5.74, 6) is 0.182. The number of aliphatic carboxylic acids is 1. The maximum absolute atomic E-state index is 10.7. The number of nitrogens with zero attached hydrogens (tertiary/aromatic N) is 1. The molecule has 0 amide bonds. The third-order valence-electron chi connectivity index (χ3n) is 3.21. The van der Waals surface area contributed by atoms with Crippen LogP contribution in [0.2, 0.25) is 0 Å². The van der Waals surface area contributed by atoms with Crippen molar-refractivity contribution in [3.8, 4) is 5.75 Å². The van der Waals surface area contributed by atoms with Gasteiger partial charge in [-0.1, -0.05) is 0 Å². The minimum Gasteiger partial charge on any atom is -0.493 e. The normalized spacial score (nSPS) is 14.9. The number of carbonyl (C=O) groups is 1. The first-order valence-corrected chi connectivity index (χ1v) is 5.78. The molecule has 1 atom stereocenters. The Morgan fingerprint density at radius 1 is 1.59 bits per heavy atom. The van der Waals surface area contributed by atoms with Crippen LogP contribution in [0.1, 0.15) is 18.9 Å². The van der Waals surface area contributed by atoms with Gasteiger partial charge in [-0.25, -0.2) is 0 Å². The first-order chi connectivity index (χ1) is 8.08. The lowest BCUT2D eigenvalue weighted by atomic mass is 10.1. The number of ether oxygens (including phenoxy) is 1. The molecule has 0 bridgehead atoms. The highest BCUT2D eigenvalue weighted by Gasteiger charge is 2.17. The maximum Gasteiger partial charge on any atom is 0.305 e. The predicted molar refractivity (Wildman–Crippen MR) is 65.8 cm³/mol. The standard InChI is InChI=1S/C13H17NO3/c1-9(7-13(15)16)14(2)11-3-4-12-10(8-11)5-6-17-12/h3-4,8-9H,5-7H2,1-2H3,(H,15,16). The summed E-state index contributed by atoms with van der Waals surface area (Å²) in [6.45, 7) is 2.66. The summed E-state index contributed by atoms with van der Waals surface area (Å²) in [7, 11) is 1.92. The number of fused-ring (bicyclic) bond motifs is 1. The molecule has 92 valence electrons. The Kier molecular flexibility index (Phi) is 3.22. The molecule has 0 aromatic heterocycles. The van der Waals surface area contributed by atoms with E-state index in [1.54, 1.807) is 0 Å². The molecule has 1 aliphatic heterocycles. The van der Waals surface area contributed by atoms with Crippen LogP contribution in [0.4, 0.5) is 5.69 Å². The molecule has 17 heavy (non-hydrogen) atoms. The van der Waals surface area contributed by atoms with E-state index in [-0.39, 0.29) is 12.5 Å². The molecule has 0 saturated heterocycles. The van der Waals surface area contributed by atoms with Gasteiger partial charge in [0.25, 0.3) is 0 Å². The Bertz CT molecular complexity index is 431. The summed E-state index contributed by atoms with van der Waals surface area (Å²) in [5.41, 5.74) is 2.25. The maximum atomic E-state index is 10.7. The molecule has 1 heterocycles. The third kappa shape index (κ3) is 2.52. The van der Waals surface area contributed by atoms with E-state index in [0.29, 0.717) is 0 Å². The number of rotatable bonds is 4. The summed E-state index contributed by atoms with van der Waals surface area (Å²) in [6.07, 6.45) is 1.08. The summed E-state index contributed by atoms with van der Waals surface area (Å²) >= 11 is 0. The first kappa shape index (κ1) is 11.8. The Morgan fingerprint density at radius 3 is 3.06 bits per heavy atom. The number of hydrogen-bond donors (Lipinski definition) is 1. The molecule has 4 heteroatoms. The SMILES string of the molecule is CC(CC(=O)O)N(C)c1ccc2c(c1)CCO2. The van der Waals surface area contributed by atoms with E-state index in [9.17, 15) is 4.79 Å². The molecule has 1 N–H and O–H groups in total. The lowest BCUT2D eigenvalue weighted by Gasteiger charge is -2.26. The first-order valence-electron chi connectivity index (χ1n) is 5.78. The molecule has 4 nitrogen and oxygen atoms in total. The van der Waals surface area contributed by atoms with Crippen molar-refractivity contribution in [2.45, 2.75) is 25.8 Å². The largest absolute Gasteiger partial charge is 0.493 e. The van der Waals surface area contributed by atoms with Crippen molar-refractivity contribution < 1.29 is 14.6 Å². The van der Waals surface area contributed by atoms with Crippen LogP contribution in [-0.4, -0.2) is 30.8 Å². The molecule has 1 aromatic carbocycles. The van der Waals surface area contributed by atoms with E-state index >= 15 is 0 Å². The molecule has 1 aliphatic rings. The molecule has 1 aromatic rings. The van der Waals surface area contributed by atoms with Crippen molar-refractivity contribution in [2.24, 2.45) is 0 Å². The van der Waals surface area contributed by atoms with Gasteiger partial charge in [0.2, 0.25) is 0 Å². The van der Waals surface area contributed by atoms with Crippen LogP contribution in [0.15, 0.2) is 18.2 Å². The fourth-order valence-electron chi connectivity index (χ4n) is 2.04. The smallest absolute Gasteiger partial charge is 0.305 e. The van der Waals surface area contributed by atoms with Crippen LogP contribution in [-0.2, 0) is 11.2 Å². The van der Waals surface area contributed by atoms with Gasteiger partial charge in [0, 0.05) is 25.2 Å². The van der Waals surface area contributed by atoms with E-state index in [4.69, 9.17) is 9.84 Å². The lowest BCUT2D eigenvalue weighted by molar-refractivity contribution is -0.137. The Morgan fingerprint density at radius 2 is 2.35 bits per heavy atom. The van der Waals surface area contributed by atoms with Gasteiger partial charge < -0.3 is 14.7 Å². The second-order valence-electron chi connectivity index (χ2n) is 4.45. The van der Waals surface area contributed by atoms with Gasteiger partial charge in [0.15, 0.2) is 0 Å². The van der Waals surface area contributed by atoms with Crippen molar-refractivity contribution in [3.63, 3.8) is 0 Å². The predicted octanol–water partition coefficient (Wildman–Crippen LogP) is 1.92. The summed E-state index contributed by atoms with van der Waals surface area (Å²) in [5, 5.41) is 8.79. The van der Waals surface area contributed by atoms with Crippen LogP contribution in [0.3, 0.4) is 0 Å². The van der Waals surface area contributed by atoms with Crippen LogP contribution >= 0.6 is 0 Å². The van der Waals surface area contributed by atoms with Crippen molar-refractivity contribution in [3.05, 3.63) is 23.8 Å². The molecule has 0 saturated carbocycles. The molecule has 0 aliphatic carbocycles. The molecule has 0 spiro atoms. The topological polar surface area (TPSA) is 49.8 Å². The number of anilines is 1. The number of benzene rings is 1. The molecule has 2 rings (SSSR count). The van der Waals surface area contributed by atoms with E-state index in [1.165, 1.54) is 5.56 Å². The molecule has 1 unspecified atom stereocenters. The van der Waals surface area contributed by atoms with E-state index in [0.717, 1.165) is 24.5 Å². The second kappa shape index (κ2) is 4.65. The van der Waals surface area contributed by atoms with Crippen molar-refractivity contribution >= 4 is 11.7 Å². The highest BCUT2D eigenvalue weighted by atomic mass is 16.5. The average molecular weight is 235 g/mol. The Balaban J connectivity index is 2.14. The van der Waals surface area contributed by atoms with Gasteiger partial charge >= 0.3 is 5.97 Å². The monoisotopic (exact) mass is 235 g/mol. The Labute approximate surface area is 101 Å². The van der Waals surface area contributed by atoms with Gasteiger partial charge in [0.1, 0.15) is 5.75 Å². The summed E-state index contributed by atoms with van der Waals surface area (Å²) in [4.78, 5) is 12.7. The van der Waals surface area contributed by atoms with Gasteiger partial charge in [-0.15, -0.1) is 0 Å². The van der Waals surface area contributed by atoms with Gasteiger partial charge in [0.05, 0.1) is 13.0 Å². The quantitative estimate of drug-likeness (QED) is 0.866. The van der Waals surface area contributed by atoms with E-state index in [1.807, 2.05) is 31.0 Å². The zero-order chi connectivity index (χ0) is 12.4.